The topological polar surface area (TPSA) is 30.5 Å². The molecule has 0 heterocycles. The molecule has 0 saturated heterocycles. The van der Waals surface area contributed by atoms with E-state index in [1.807, 2.05) is 25.1 Å². The lowest BCUT2D eigenvalue weighted by Crippen LogP contribution is -2.09. The fourth-order valence-electron chi connectivity index (χ4n) is 1.67. The molecule has 0 aliphatic heterocycles. The zero-order valence-electron chi connectivity index (χ0n) is 10.4. The third-order valence-electron chi connectivity index (χ3n) is 2.85. The van der Waals surface area contributed by atoms with Gasteiger partial charge in [0, 0.05) is 13.2 Å². The molecule has 2 rings (SSSR count). The van der Waals surface area contributed by atoms with Crippen molar-refractivity contribution in [2.24, 2.45) is 5.92 Å². The van der Waals surface area contributed by atoms with Crippen molar-refractivity contribution in [1.29, 1.82) is 0 Å². The van der Waals surface area contributed by atoms with Crippen LogP contribution in [0.1, 0.15) is 19.8 Å². The molecule has 0 atom stereocenters. The molecule has 0 aromatic heterocycles. The van der Waals surface area contributed by atoms with E-state index < -0.39 is 0 Å². The molecule has 3 nitrogen and oxygen atoms in total. The number of hydrogen-bond acceptors (Lipinski definition) is 3. The highest BCUT2D eigenvalue weighted by molar-refractivity contribution is 5.56. The number of anilines is 1. The Morgan fingerprint density at radius 2 is 2.06 bits per heavy atom. The van der Waals surface area contributed by atoms with Crippen molar-refractivity contribution < 1.29 is 9.47 Å². The van der Waals surface area contributed by atoms with E-state index in [4.69, 9.17) is 9.47 Å². The molecule has 1 aromatic rings. The van der Waals surface area contributed by atoms with Crippen LogP contribution in [0.25, 0.3) is 0 Å². The molecule has 1 aliphatic rings. The van der Waals surface area contributed by atoms with Crippen LogP contribution in [0.15, 0.2) is 24.3 Å². The van der Waals surface area contributed by atoms with Crippen molar-refractivity contribution in [3.63, 3.8) is 0 Å². The Bertz CT molecular complexity index is 337. The summed E-state index contributed by atoms with van der Waals surface area (Å²) in [4.78, 5) is 0. The highest BCUT2D eigenvalue weighted by Gasteiger charge is 2.20. The molecular formula is C14H21NO2. The van der Waals surface area contributed by atoms with E-state index in [9.17, 15) is 0 Å². The predicted molar refractivity (Wildman–Crippen MR) is 69.6 cm³/mol. The lowest BCUT2D eigenvalue weighted by molar-refractivity contribution is 0.110. The van der Waals surface area contributed by atoms with Crippen LogP contribution < -0.4 is 10.1 Å². The first-order chi connectivity index (χ1) is 8.40. The Morgan fingerprint density at radius 3 is 2.82 bits per heavy atom. The summed E-state index contributed by atoms with van der Waals surface area (Å²) in [7, 11) is 0. The molecule has 1 fully saturated rings. The molecule has 0 unspecified atom stereocenters. The van der Waals surface area contributed by atoms with Crippen molar-refractivity contribution in [3.05, 3.63) is 24.3 Å². The summed E-state index contributed by atoms with van der Waals surface area (Å²) in [5, 5.41) is 3.45. The summed E-state index contributed by atoms with van der Waals surface area (Å²) in [6.07, 6.45) is 2.72. The van der Waals surface area contributed by atoms with Crippen LogP contribution in [0.5, 0.6) is 5.75 Å². The maximum Gasteiger partial charge on any atom is 0.142 e. The van der Waals surface area contributed by atoms with Crippen LogP contribution >= 0.6 is 0 Å². The third-order valence-corrected chi connectivity index (χ3v) is 2.85. The number of rotatable bonds is 8. The summed E-state index contributed by atoms with van der Waals surface area (Å²) in [5.74, 6) is 1.79. The maximum atomic E-state index is 5.70. The molecule has 1 aromatic carbocycles. The van der Waals surface area contributed by atoms with Crippen LogP contribution in [0.3, 0.4) is 0 Å². The van der Waals surface area contributed by atoms with E-state index in [2.05, 4.69) is 11.4 Å². The second-order valence-electron chi connectivity index (χ2n) is 4.37. The van der Waals surface area contributed by atoms with Gasteiger partial charge in [-0.2, -0.15) is 0 Å². The van der Waals surface area contributed by atoms with Gasteiger partial charge in [-0.15, -0.1) is 0 Å². The number of benzene rings is 1. The highest BCUT2D eigenvalue weighted by atomic mass is 16.5. The van der Waals surface area contributed by atoms with E-state index in [1.54, 1.807) is 0 Å². The van der Waals surface area contributed by atoms with Crippen molar-refractivity contribution in [2.45, 2.75) is 19.8 Å². The average molecular weight is 235 g/mol. The molecule has 0 amide bonds. The second-order valence-corrected chi connectivity index (χ2v) is 4.37. The van der Waals surface area contributed by atoms with Gasteiger partial charge >= 0.3 is 0 Å². The van der Waals surface area contributed by atoms with Gasteiger partial charge in [-0.3, -0.25) is 0 Å². The van der Waals surface area contributed by atoms with Gasteiger partial charge in [0.05, 0.1) is 12.3 Å². The number of nitrogens with one attached hydrogen (secondary N) is 1. The summed E-state index contributed by atoms with van der Waals surface area (Å²) in [5.41, 5.74) is 1.09. The predicted octanol–water partition coefficient (Wildman–Crippen LogP) is 2.92. The van der Waals surface area contributed by atoms with Crippen LogP contribution in [-0.4, -0.2) is 26.4 Å². The van der Waals surface area contributed by atoms with Gasteiger partial charge in [-0.25, -0.2) is 0 Å². The minimum atomic E-state index is 0.607. The van der Waals surface area contributed by atoms with Crippen LogP contribution in [-0.2, 0) is 4.74 Å². The summed E-state index contributed by atoms with van der Waals surface area (Å²) >= 11 is 0. The van der Waals surface area contributed by atoms with E-state index in [0.717, 1.165) is 30.5 Å². The SMILES string of the molecule is CCOCCOc1ccccc1NCC1CC1. The third kappa shape index (κ3) is 4.27. The molecule has 1 saturated carbocycles. The van der Waals surface area contributed by atoms with E-state index in [0.29, 0.717) is 13.2 Å². The monoisotopic (exact) mass is 235 g/mol. The second kappa shape index (κ2) is 6.50. The molecule has 94 valence electrons. The average Bonchev–Trinajstić information content (AvgIpc) is 3.17. The quantitative estimate of drug-likeness (QED) is 0.703. The number of para-hydroxylation sites is 2. The van der Waals surface area contributed by atoms with Gasteiger partial charge in [-0.1, -0.05) is 12.1 Å². The fourth-order valence-corrected chi connectivity index (χ4v) is 1.67. The van der Waals surface area contributed by atoms with Crippen molar-refractivity contribution in [3.8, 4) is 5.75 Å². The van der Waals surface area contributed by atoms with E-state index in [1.165, 1.54) is 12.8 Å². The fraction of sp³-hybridized carbons (Fsp3) is 0.571. The van der Waals surface area contributed by atoms with Gasteiger partial charge in [0.15, 0.2) is 0 Å². The molecule has 3 heteroatoms. The normalized spacial score (nSPS) is 14.6. The molecule has 0 spiro atoms. The molecule has 0 radical (unpaired) electrons. The summed E-state index contributed by atoms with van der Waals surface area (Å²) in [6.45, 7) is 5.05. The van der Waals surface area contributed by atoms with Crippen molar-refractivity contribution in [2.75, 3.05) is 31.7 Å². The molecule has 0 bridgehead atoms. The van der Waals surface area contributed by atoms with Gasteiger partial charge in [-0.05, 0) is 37.8 Å². The van der Waals surface area contributed by atoms with Gasteiger partial charge in [0.1, 0.15) is 12.4 Å². The van der Waals surface area contributed by atoms with Crippen LogP contribution in [0.4, 0.5) is 5.69 Å². The van der Waals surface area contributed by atoms with Crippen molar-refractivity contribution >= 4 is 5.69 Å². The minimum Gasteiger partial charge on any atom is -0.489 e. The molecular weight excluding hydrogens is 214 g/mol. The molecule has 17 heavy (non-hydrogen) atoms. The van der Waals surface area contributed by atoms with Gasteiger partial charge in [0.25, 0.3) is 0 Å². The van der Waals surface area contributed by atoms with Gasteiger partial charge < -0.3 is 14.8 Å². The highest BCUT2D eigenvalue weighted by Crippen LogP contribution is 2.31. The largest absolute Gasteiger partial charge is 0.489 e. The Hall–Kier alpha value is -1.22. The summed E-state index contributed by atoms with van der Waals surface area (Å²) < 4.78 is 11.0. The van der Waals surface area contributed by atoms with E-state index >= 15 is 0 Å². The number of hydrogen-bond donors (Lipinski definition) is 1. The standard InChI is InChI=1S/C14H21NO2/c1-2-16-9-10-17-14-6-4-3-5-13(14)15-11-12-7-8-12/h3-6,12,15H,2,7-11H2,1H3. The number of ether oxygens (including phenoxy) is 2. The van der Waals surface area contributed by atoms with Crippen LogP contribution in [0.2, 0.25) is 0 Å². The Morgan fingerprint density at radius 1 is 1.24 bits per heavy atom. The first kappa shape index (κ1) is 12.2. The lowest BCUT2D eigenvalue weighted by Gasteiger charge is -2.12. The van der Waals surface area contributed by atoms with E-state index in [-0.39, 0.29) is 0 Å². The smallest absolute Gasteiger partial charge is 0.142 e. The lowest BCUT2D eigenvalue weighted by atomic mass is 10.3. The minimum absolute atomic E-state index is 0.607. The van der Waals surface area contributed by atoms with Crippen molar-refractivity contribution in [1.82, 2.24) is 0 Å². The zero-order chi connectivity index (χ0) is 11.9. The summed E-state index contributed by atoms with van der Waals surface area (Å²) in [6, 6.07) is 8.10. The first-order valence-electron chi connectivity index (χ1n) is 6.43. The molecule has 1 N–H and O–H groups in total. The Kier molecular flexibility index (Phi) is 4.68. The first-order valence-corrected chi connectivity index (χ1v) is 6.43. The maximum absolute atomic E-state index is 5.70. The van der Waals surface area contributed by atoms with Crippen LogP contribution in [0, 0.1) is 5.92 Å². The van der Waals surface area contributed by atoms with Gasteiger partial charge in [0.2, 0.25) is 0 Å². The Balaban J connectivity index is 1.80. The Labute approximate surface area is 103 Å². The molecule has 1 aliphatic carbocycles. The zero-order valence-corrected chi connectivity index (χ0v) is 10.4.